The Morgan fingerprint density at radius 2 is 2.10 bits per heavy atom. The number of hydrogen-bond donors (Lipinski definition) is 0. The summed E-state index contributed by atoms with van der Waals surface area (Å²) in [5.41, 5.74) is 2.68. The van der Waals surface area contributed by atoms with Crippen molar-refractivity contribution < 1.29 is 0 Å². The second kappa shape index (κ2) is 5.75. The standard InChI is InChI=1S/C16H20BrN3/c1-12-8-14(17)2-3-16(12)20-7-5-15(11-20)19-6-4-13(9-18)10-19/h2-3,8,13,15H,4-7,10-11H2,1H3. The van der Waals surface area contributed by atoms with Crippen molar-refractivity contribution in [3.05, 3.63) is 28.2 Å². The normalized spacial score (nSPS) is 26.9. The third kappa shape index (κ3) is 2.70. The first kappa shape index (κ1) is 13.9. The monoisotopic (exact) mass is 333 g/mol. The van der Waals surface area contributed by atoms with Crippen LogP contribution < -0.4 is 4.90 Å². The summed E-state index contributed by atoms with van der Waals surface area (Å²) in [6.45, 7) is 6.46. The molecule has 2 heterocycles. The second-order valence-electron chi connectivity index (χ2n) is 5.93. The van der Waals surface area contributed by atoms with E-state index in [0.717, 1.165) is 37.1 Å². The van der Waals surface area contributed by atoms with Crippen LogP contribution in [0.1, 0.15) is 18.4 Å². The summed E-state index contributed by atoms with van der Waals surface area (Å²) in [6.07, 6.45) is 2.26. The average molecular weight is 334 g/mol. The summed E-state index contributed by atoms with van der Waals surface area (Å²) in [6, 6.07) is 9.56. The van der Waals surface area contributed by atoms with Crippen molar-refractivity contribution >= 4 is 21.6 Å². The van der Waals surface area contributed by atoms with Gasteiger partial charge in [0.1, 0.15) is 0 Å². The fourth-order valence-corrected chi connectivity index (χ4v) is 3.93. The van der Waals surface area contributed by atoms with Crippen LogP contribution in [0.15, 0.2) is 22.7 Å². The van der Waals surface area contributed by atoms with Crippen molar-refractivity contribution in [3.8, 4) is 6.07 Å². The molecule has 4 heteroatoms. The third-order valence-electron chi connectivity index (χ3n) is 4.58. The van der Waals surface area contributed by atoms with Crippen molar-refractivity contribution in [2.45, 2.75) is 25.8 Å². The zero-order chi connectivity index (χ0) is 14.1. The van der Waals surface area contributed by atoms with E-state index in [1.165, 1.54) is 17.7 Å². The van der Waals surface area contributed by atoms with Gasteiger partial charge in [0.15, 0.2) is 0 Å². The van der Waals surface area contributed by atoms with Crippen molar-refractivity contribution in [2.75, 3.05) is 31.1 Å². The first-order valence-corrected chi connectivity index (χ1v) is 8.11. The smallest absolute Gasteiger partial charge is 0.0669 e. The molecule has 2 fully saturated rings. The Morgan fingerprint density at radius 3 is 2.80 bits per heavy atom. The molecule has 2 saturated heterocycles. The Kier molecular flexibility index (Phi) is 4.00. The number of likely N-dealkylation sites (tertiary alicyclic amines) is 1. The molecule has 3 nitrogen and oxygen atoms in total. The SMILES string of the molecule is Cc1cc(Br)ccc1N1CCC(N2CCC(C#N)C2)C1. The van der Waals surface area contributed by atoms with Gasteiger partial charge in [0, 0.05) is 35.8 Å². The first-order chi connectivity index (χ1) is 9.67. The van der Waals surface area contributed by atoms with Crippen LogP contribution >= 0.6 is 15.9 Å². The molecule has 0 N–H and O–H groups in total. The van der Waals surface area contributed by atoms with Crippen LogP contribution in [-0.2, 0) is 0 Å². The minimum atomic E-state index is 0.249. The van der Waals surface area contributed by atoms with E-state index in [2.05, 4.69) is 56.9 Å². The summed E-state index contributed by atoms with van der Waals surface area (Å²) in [5.74, 6) is 0.249. The van der Waals surface area contributed by atoms with Crippen LogP contribution in [-0.4, -0.2) is 37.1 Å². The molecule has 0 spiro atoms. The predicted molar refractivity (Wildman–Crippen MR) is 84.8 cm³/mol. The molecule has 0 radical (unpaired) electrons. The van der Waals surface area contributed by atoms with E-state index in [-0.39, 0.29) is 5.92 Å². The molecule has 0 aromatic heterocycles. The molecule has 0 bridgehead atoms. The fourth-order valence-electron chi connectivity index (χ4n) is 3.46. The van der Waals surface area contributed by atoms with Gasteiger partial charge in [0.25, 0.3) is 0 Å². The molecule has 20 heavy (non-hydrogen) atoms. The van der Waals surface area contributed by atoms with Crippen molar-refractivity contribution in [1.82, 2.24) is 4.90 Å². The van der Waals surface area contributed by atoms with Crippen LogP contribution in [0.25, 0.3) is 0 Å². The summed E-state index contributed by atoms with van der Waals surface area (Å²) < 4.78 is 1.14. The van der Waals surface area contributed by atoms with Gasteiger partial charge < -0.3 is 4.90 Å². The molecule has 0 aliphatic carbocycles. The van der Waals surface area contributed by atoms with Gasteiger partial charge in [-0.1, -0.05) is 15.9 Å². The lowest BCUT2D eigenvalue weighted by molar-refractivity contribution is 0.255. The number of rotatable bonds is 2. The highest BCUT2D eigenvalue weighted by Gasteiger charge is 2.33. The highest BCUT2D eigenvalue weighted by molar-refractivity contribution is 9.10. The minimum Gasteiger partial charge on any atom is -0.370 e. The maximum atomic E-state index is 9.03. The topological polar surface area (TPSA) is 30.3 Å². The molecule has 1 aromatic carbocycles. The number of halogens is 1. The summed E-state index contributed by atoms with van der Waals surface area (Å²) >= 11 is 3.53. The van der Waals surface area contributed by atoms with E-state index in [1.54, 1.807) is 0 Å². The molecular weight excluding hydrogens is 314 g/mol. The number of anilines is 1. The van der Waals surface area contributed by atoms with E-state index in [9.17, 15) is 0 Å². The molecule has 106 valence electrons. The van der Waals surface area contributed by atoms with Gasteiger partial charge in [0.2, 0.25) is 0 Å². The molecule has 2 aliphatic rings. The van der Waals surface area contributed by atoms with E-state index in [0.29, 0.717) is 6.04 Å². The van der Waals surface area contributed by atoms with E-state index < -0.39 is 0 Å². The summed E-state index contributed by atoms with van der Waals surface area (Å²) in [5, 5.41) is 9.03. The maximum Gasteiger partial charge on any atom is 0.0669 e. The second-order valence-corrected chi connectivity index (χ2v) is 6.84. The van der Waals surface area contributed by atoms with Crippen LogP contribution in [0.3, 0.4) is 0 Å². The number of nitrogens with zero attached hydrogens (tertiary/aromatic N) is 3. The summed E-state index contributed by atoms with van der Waals surface area (Å²) in [4.78, 5) is 5.01. The molecule has 3 rings (SSSR count). The molecule has 2 atom stereocenters. The fraction of sp³-hybridized carbons (Fsp3) is 0.562. The lowest BCUT2D eigenvalue weighted by atomic mass is 10.1. The Balaban J connectivity index is 1.66. The Labute approximate surface area is 129 Å². The van der Waals surface area contributed by atoms with E-state index in [4.69, 9.17) is 5.26 Å². The molecular formula is C16H20BrN3. The Bertz CT molecular complexity index is 537. The van der Waals surface area contributed by atoms with E-state index in [1.807, 2.05) is 0 Å². The number of aryl methyl sites for hydroxylation is 1. The maximum absolute atomic E-state index is 9.03. The number of nitriles is 1. The third-order valence-corrected chi connectivity index (χ3v) is 5.07. The highest BCUT2D eigenvalue weighted by atomic mass is 79.9. The van der Waals surface area contributed by atoms with Crippen LogP contribution in [0.5, 0.6) is 0 Å². The molecule has 2 unspecified atom stereocenters. The molecule has 0 saturated carbocycles. The van der Waals surface area contributed by atoms with Crippen LogP contribution in [0.2, 0.25) is 0 Å². The van der Waals surface area contributed by atoms with Gasteiger partial charge >= 0.3 is 0 Å². The quantitative estimate of drug-likeness (QED) is 0.832. The average Bonchev–Trinajstić information content (AvgIpc) is 3.07. The van der Waals surface area contributed by atoms with Crippen molar-refractivity contribution in [2.24, 2.45) is 5.92 Å². The van der Waals surface area contributed by atoms with Crippen molar-refractivity contribution in [1.29, 1.82) is 5.26 Å². The molecule has 0 amide bonds. The summed E-state index contributed by atoms with van der Waals surface area (Å²) in [7, 11) is 0. The van der Waals surface area contributed by atoms with Gasteiger partial charge in [0.05, 0.1) is 12.0 Å². The van der Waals surface area contributed by atoms with Crippen molar-refractivity contribution in [3.63, 3.8) is 0 Å². The number of hydrogen-bond acceptors (Lipinski definition) is 3. The first-order valence-electron chi connectivity index (χ1n) is 7.32. The number of benzene rings is 1. The van der Waals surface area contributed by atoms with E-state index >= 15 is 0 Å². The lowest BCUT2D eigenvalue weighted by Crippen LogP contribution is -2.36. The largest absolute Gasteiger partial charge is 0.370 e. The Morgan fingerprint density at radius 1 is 1.25 bits per heavy atom. The van der Waals surface area contributed by atoms with Gasteiger partial charge in [-0.2, -0.15) is 5.26 Å². The van der Waals surface area contributed by atoms with Gasteiger partial charge in [-0.15, -0.1) is 0 Å². The molecule has 1 aromatic rings. The zero-order valence-corrected chi connectivity index (χ0v) is 13.4. The van der Waals surface area contributed by atoms with Gasteiger partial charge in [-0.3, -0.25) is 4.90 Å². The minimum absolute atomic E-state index is 0.249. The predicted octanol–water partition coefficient (Wildman–Crippen LogP) is 3.18. The van der Waals surface area contributed by atoms with Crippen LogP contribution in [0.4, 0.5) is 5.69 Å². The highest BCUT2D eigenvalue weighted by Crippen LogP contribution is 2.30. The lowest BCUT2D eigenvalue weighted by Gasteiger charge is -2.25. The molecule has 2 aliphatic heterocycles. The Hall–Kier alpha value is -1.05. The zero-order valence-electron chi connectivity index (χ0n) is 11.8. The van der Waals surface area contributed by atoms with Gasteiger partial charge in [-0.05, 0) is 50.1 Å². The van der Waals surface area contributed by atoms with Gasteiger partial charge in [-0.25, -0.2) is 0 Å². The van der Waals surface area contributed by atoms with Crippen LogP contribution in [0, 0.1) is 24.2 Å².